The van der Waals surface area contributed by atoms with Gasteiger partial charge < -0.3 is 40.3 Å². The van der Waals surface area contributed by atoms with E-state index in [9.17, 15) is 30.3 Å². The predicted molar refractivity (Wildman–Crippen MR) is 355 cm³/mol. The molecule has 7 unspecified atom stereocenters. The maximum atomic E-state index is 13.1. The first-order chi connectivity index (χ1) is 40.8. The van der Waals surface area contributed by atoms with Gasteiger partial charge in [0.1, 0.15) is 24.4 Å². The number of hydrogen-bond donors (Lipinski definition) is 6. The Bertz CT molecular complexity index is 1450. The van der Waals surface area contributed by atoms with Crippen LogP contribution in [-0.4, -0.2) is 87.5 Å². The van der Waals surface area contributed by atoms with Crippen LogP contribution in [0, 0.1) is 0 Å². The lowest BCUT2D eigenvalue weighted by Gasteiger charge is -2.40. The number of ether oxygens (including phenoxy) is 2. The van der Waals surface area contributed by atoms with Crippen molar-refractivity contribution in [1.82, 2.24) is 5.32 Å². The molecular formula is C74H139NO8. The summed E-state index contributed by atoms with van der Waals surface area (Å²) in [7, 11) is 0. The van der Waals surface area contributed by atoms with Crippen LogP contribution in [0.25, 0.3) is 0 Å². The van der Waals surface area contributed by atoms with E-state index >= 15 is 0 Å². The standard InChI is InChI=1S/C74H139NO8/c1-3-5-7-9-11-13-15-17-19-21-23-25-27-28-29-30-31-32-33-34-35-36-37-38-39-40-42-44-46-48-50-52-54-56-58-60-62-64-70(78)75-67(66-82-74-73(81)72(80)71(79)69(65-76)83-74)68(77)63-61-59-57-55-53-51-49-47-45-43-41-26-24-22-20-18-16-14-12-10-8-6-4-2/h21,23,45,47,53,55,61,63,67-69,71-74,76-77,79-81H,3-20,22,24-44,46,48-52,54,56-60,62,64-66H2,1-2H3,(H,75,78)/b23-21-,47-45+,55-53+,63-61+. The van der Waals surface area contributed by atoms with Gasteiger partial charge in [-0.25, -0.2) is 0 Å². The lowest BCUT2D eigenvalue weighted by molar-refractivity contribution is -0.302. The molecule has 1 rings (SSSR count). The van der Waals surface area contributed by atoms with Gasteiger partial charge in [0.25, 0.3) is 0 Å². The van der Waals surface area contributed by atoms with E-state index in [1.54, 1.807) is 6.08 Å². The van der Waals surface area contributed by atoms with E-state index in [1.807, 2.05) is 6.08 Å². The molecule has 0 aliphatic carbocycles. The summed E-state index contributed by atoms with van der Waals surface area (Å²) in [5.41, 5.74) is 0. The highest BCUT2D eigenvalue weighted by Crippen LogP contribution is 2.23. The summed E-state index contributed by atoms with van der Waals surface area (Å²) in [6.45, 7) is 3.80. The zero-order valence-electron chi connectivity index (χ0n) is 54.7. The van der Waals surface area contributed by atoms with Gasteiger partial charge in [-0.1, -0.05) is 332 Å². The van der Waals surface area contributed by atoms with Crippen molar-refractivity contribution in [3.8, 4) is 0 Å². The van der Waals surface area contributed by atoms with Crippen LogP contribution in [0.3, 0.4) is 0 Å². The molecule has 0 saturated carbocycles. The molecule has 488 valence electrons. The van der Waals surface area contributed by atoms with Crippen molar-refractivity contribution in [3.05, 3.63) is 48.6 Å². The molecule has 0 bridgehead atoms. The second-order valence-corrected chi connectivity index (χ2v) is 25.4. The van der Waals surface area contributed by atoms with E-state index in [1.165, 1.54) is 295 Å². The zero-order chi connectivity index (χ0) is 60.0. The van der Waals surface area contributed by atoms with E-state index in [2.05, 4.69) is 55.6 Å². The number of carbonyl (C=O) groups is 1. The Morgan fingerprint density at radius 3 is 1.01 bits per heavy atom. The number of unbranched alkanes of at least 4 members (excludes halogenated alkanes) is 48. The van der Waals surface area contributed by atoms with Gasteiger partial charge in [-0.05, 0) is 70.6 Å². The summed E-state index contributed by atoms with van der Waals surface area (Å²) in [5, 5.41) is 54.7. The fourth-order valence-electron chi connectivity index (χ4n) is 11.7. The first-order valence-electron chi connectivity index (χ1n) is 36.4. The number of hydrogen-bond acceptors (Lipinski definition) is 8. The highest BCUT2D eigenvalue weighted by atomic mass is 16.7. The summed E-state index contributed by atoms with van der Waals surface area (Å²) >= 11 is 0. The Labute approximate surface area is 514 Å². The highest BCUT2D eigenvalue weighted by molar-refractivity contribution is 5.76. The number of aliphatic hydroxyl groups is 5. The zero-order valence-corrected chi connectivity index (χ0v) is 54.7. The molecule has 1 aliphatic rings. The van der Waals surface area contributed by atoms with Gasteiger partial charge in [0.15, 0.2) is 6.29 Å². The number of rotatable bonds is 64. The molecule has 0 radical (unpaired) electrons. The maximum Gasteiger partial charge on any atom is 0.220 e. The normalized spacial score (nSPS) is 18.5. The van der Waals surface area contributed by atoms with Crippen LogP contribution in [0.15, 0.2) is 48.6 Å². The number of nitrogens with one attached hydrogen (secondary N) is 1. The molecule has 1 saturated heterocycles. The molecule has 0 aromatic heterocycles. The fraction of sp³-hybridized carbons (Fsp3) is 0.878. The van der Waals surface area contributed by atoms with Crippen molar-refractivity contribution >= 4 is 5.91 Å². The first-order valence-corrected chi connectivity index (χ1v) is 36.4. The van der Waals surface area contributed by atoms with Crippen LogP contribution >= 0.6 is 0 Å². The second kappa shape index (κ2) is 63.2. The molecule has 1 aliphatic heterocycles. The van der Waals surface area contributed by atoms with Crippen molar-refractivity contribution in [2.45, 2.75) is 403 Å². The Hall–Kier alpha value is -1.85. The molecule has 1 heterocycles. The quantitative estimate of drug-likeness (QED) is 0.0261. The molecule has 9 heteroatoms. The topological polar surface area (TPSA) is 149 Å². The first kappa shape index (κ1) is 79.2. The molecule has 6 N–H and O–H groups in total. The van der Waals surface area contributed by atoms with Gasteiger partial charge >= 0.3 is 0 Å². The molecule has 7 atom stereocenters. The number of carbonyl (C=O) groups excluding carboxylic acids is 1. The average molecular weight is 1170 g/mol. The third-order valence-electron chi connectivity index (χ3n) is 17.4. The predicted octanol–water partition coefficient (Wildman–Crippen LogP) is 20.0. The SMILES string of the molecule is CCCCCCCCCC/C=C\CCCCCCCCCCCCCCCCCCCCCCCCCCCC(=O)NC(COC1OC(CO)C(O)C(O)C1O)C(O)/C=C/CC/C=C/CC/C=C/CCCCCCCCCCCCCCC. The van der Waals surface area contributed by atoms with Crippen LogP contribution in [-0.2, 0) is 14.3 Å². The monoisotopic (exact) mass is 1170 g/mol. The van der Waals surface area contributed by atoms with Crippen LogP contribution in [0.2, 0.25) is 0 Å². The van der Waals surface area contributed by atoms with E-state index in [4.69, 9.17) is 9.47 Å². The van der Waals surface area contributed by atoms with Gasteiger partial charge in [-0.15, -0.1) is 0 Å². The van der Waals surface area contributed by atoms with Crippen molar-refractivity contribution in [1.29, 1.82) is 0 Å². The summed E-state index contributed by atoms with van der Waals surface area (Å²) in [6.07, 6.45) is 79.6. The minimum absolute atomic E-state index is 0.184. The highest BCUT2D eigenvalue weighted by Gasteiger charge is 2.44. The van der Waals surface area contributed by atoms with Gasteiger partial charge in [0, 0.05) is 6.42 Å². The van der Waals surface area contributed by atoms with Gasteiger partial charge in [-0.3, -0.25) is 4.79 Å². The Morgan fingerprint density at radius 2 is 0.687 bits per heavy atom. The van der Waals surface area contributed by atoms with Crippen molar-refractivity contribution in [2.75, 3.05) is 13.2 Å². The van der Waals surface area contributed by atoms with Crippen molar-refractivity contribution in [3.63, 3.8) is 0 Å². The van der Waals surface area contributed by atoms with Crippen LogP contribution in [0.5, 0.6) is 0 Å². The molecule has 9 nitrogen and oxygen atoms in total. The minimum Gasteiger partial charge on any atom is -0.394 e. The smallest absolute Gasteiger partial charge is 0.220 e. The number of aliphatic hydroxyl groups excluding tert-OH is 5. The molecule has 0 aromatic rings. The van der Waals surface area contributed by atoms with Gasteiger partial charge in [-0.2, -0.15) is 0 Å². The molecular weight excluding hydrogens is 1030 g/mol. The van der Waals surface area contributed by atoms with Crippen molar-refractivity contribution in [2.24, 2.45) is 0 Å². The van der Waals surface area contributed by atoms with Crippen molar-refractivity contribution < 1.29 is 39.8 Å². The van der Waals surface area contributed by atoms with E-state index in [0.717, 1.165) is 44.9 Å². The average Bonchev–Trinajstić information content (AvgIpc) is 3.60. The largest absolute Gasteiger partial charge is 0.394 e. The lowest BCUT2D eigenvalue weighted by atomic mass is 9.99. The van der Waals surface area contributed by atoms with E-state index in [0.29, 0.717) is 6.42 Å². The molecule has 1 amide bonds. The Morgan fingerprint density at radius 1 is 0.398 bits per heavy atom. The number of amides is 1. The van der Waals surface area contributed by atoms with E-state index in [-0.39, 0.29) is 12.5 Å². The number of allylic oxidation sites excluding steroid dienone is 7. The molecule has 1 fully saturated rings. The Balaban J connectivity index is 2.10. The van der Waals surface area contributed by atoms with Gasteiger partial charge in [0.05, 0.1) is 25.4 Å². The van der Waals surface area contributed by atoms with Crippen LogP contribution in [0.4, 0.5) is 0 Å². The van der Waals surface area contributed by atoms with Gasteiger partial charge in [0.2, 0.25) is 5.91 Å². The lowest BCUT2D eigenvalue weighted by Crippen LogP contribution is -2.60. The maximum absolute atomic E-state index is 13.1. The van der Waals surface area contributed by atoms with Crippen LogP contribution in [0.1, 0.15) is 361 Å². The molecule has 0 spiro atoms. The summed E-state index contributed by atoms with van der Waals surface area (Å²) in [5.74, 6) is -0.184. The molecule has 83 heavy (non-hydrogen) atoms. The van der Waals surface area contributed by atoms with E-state index < -0.39 is 49.5 Å². The Kier molecular flexibility index (Phi) is 60.3. The minimum atomic E-state index is -1.58. The second-order valence-electron chi connectivity index (χ2n) is 25.4. The summed E-state index contributed by atoms with van der Waals surface area (Å²) in [6, 6.07) is -0.829. The third-order valence-corrected chi connectivity index (χ3v) is 17.4. The van der Waals surface area contributed by atoms with Crippen LogP contribution < -0.4 is 5.32 Å². The molecule has 0 aromatic carbocycles. The fourth-order valence-corrected chi connectivity index (χ4v) is 11.7. The summed E-state index contributed by atoms with van der Waals surface area (Å²) < 4.78 is 11.3. The third kappa shape index (κ3) is 51.9. The summed E-state index contributed by atoms with van der Waals surface area (Å²) in [4.78, 5) is 13.1.